The summed E-state index contributed by atoms with van der Waals surface area (Å²) in [6.45, 7) is 7.00. The molecule has 0 unspecified atom stereocenters. The van der Waals surface area contributed by atoms with Crippen molar-refractivity contribution in [3.8, 4) is 0 Å². The maximum absolute atomic E-state index is 11.8. The fourth-order valence-electron chi connectivity index (χ4n) is 1.75. The summed E-state index contributed by atoms with van der Waals surface area (Å²) in [5.74, 6) is -0.514. The second-order valence-corrected chi connectivity index (χ2v) is 6.84. The molecule has 1 amide bonds. The molecule has 0 aliphatic heterocycles. The second kappa shape index (κ2) is 5.73. The number of hydrogen-bond acceptors (Lipinski definition) is 4. The average Bonchev–Trinajstić information content (AvgIpc) is 2.54. The smallest absolute Gasteiger partial charge is 0.237 e. The quantitative estimate of drug-likeness (QED) is 0.869. The zero-order valence-corrected chi connectivity index (χ0v) is 12.8. The molecule has 1 N–H and O–H groups in total. The van der Waals surface area contributed by atoms with Crippen LogP contribution in [-0.2, 0) is 28.3 Å². The van der Waals surface area contributed by atoms with Crippen LogP contribution in [0.15, 0.2) is 0 Å². The van der Waals surface area contributed by atoms with Crippen LogP contribution in [0.5, 0.6) is 0 Å². The zero-order valence-electron chi connectivity index (χ0n) is 12.0. The molecule has 1 heterocycles. The van der Waals surface area contributed by atoms with Gasteiger partial charge in [0.15, 0.2) is 0 Å². The maximum atomic E-state index is 11.8. The highest BCUT2D eigenvalue weighted by molar-refractivity contribution is 7.90. The zero-order chi connectivity index (χ0) is 14.8. The first kappa shape index (κ1) is 15.7. The van der Waals surface area contributed by atoms with Gasteiger partial charge in [-0.2, -0.15) is 5.10 Å². The third-order valence-electron chi connectivity index (χ3n) is 3.36. The Morgan fingerprint density at radius 1 is 1.42 bits per heavy atom. The molecule has 0 bridgehead atoms. The molecule has 0 saturated heterocycles. The maximum Gasteiger partial charge on any atom is 0.237 e. The van der Waals surface area contributed by atoms with E-state index in [0.29, 0.717) is 6.42 Å². The van der Waals surface area contributed by atoms with E-state index in [-0.39, 0.29) is 6.42 Å². The standard InChI is InChI=1S/C12H21N3O3S/c1-6-8(2)19(17,18)14-12(16)7-11-9(3)13-15(5)10(11)4/h8H,6-7H2,1-5H3,(H,14,16)/t8-/m1/s1. The van der Waals surface area contributed by atoms with Crippen molar-refractivity contribution < 1.29 is 13.2 Å². The molecule has 0 aromatic carbocycles. The molecule has 0 saturated carbocycles. The number of hydrogen-bond donors (Lipinski definition) is 1. The van der Waals surface area contributed by atoms with Crippen LogP contribution < -0.4 is 4.72 Å². The highest BCUT2D eigenvalue weighted by atomic mass is 32.2. The molecule has 0 aliphatic carbocycles. The first-order chi connectivity index (χ1) is 8.69. The van der Waals surface area contributed by atoms with Crippen molar-refractivity contribution in [1.82, 2.24) is 14.5 Å². The van der Waals surface area contributed by atoms with Gasteiger partial charge in [-0.05, 0) is 27.2 Å². The molecular formula is C12H21N3O3S. The number of aromatic nitrogens is 2. The summed E-state index contributed by atoms with van der Waals surface area (Å²) < 4.78 is 27.4. The van der Waals surface area contributed by atoms with E-state index in [9.17, 15) is 13.2 Å². The minimum absolute atomic E-state index is 0.0289. The van der Waals surface area contributed by atoms with E-state index >= 15 is 0 Å². The number of amides is 1. The van der Waals surface area contributed by atoms with Gasteiger partial charge in [0.2, 0.25) is 15.9 Å². The monoisotopic (exact) mass is 287 g/mol. The summed E-state index contributed by atoms with van der Waals surface area (Å²) in [6.07, 6.45) is 0.495. The van der Waals surface area contributed by atoms with E-state index in [1.807, 2.05) is 6.92 Å². The van der Waals surface area contributed by atoms with Crippen LogP contribution in [0, 0.1) is 13.8 Å². The Balaban J connectivity index is 2.82. The molecular weight excluding hydrogens is 266 g/mol. The lowest BCUT2D eigenvalue weighted by atomic mass is 10.1. The second-order valence-electron chi connectivity index (χ2n) is 4.74. The van der Waals surface area contributed by atoms with Crippen LogP contribution in [0.2, 0.25) is 0 Å². The number of nitrogens with one attached hydrogen (secondary N) is 1. The van der Waals surface area contributed by atoms with Gasteiger partial charge >= 0.3 is 0 Å². The Labute approximate surface area is 114 Å². The van der Waals surface area contributed by atoms with Gasteiger partial charge in [0.1, 0.15) is 0 Å². The fraction of sp³-hybridized carbons (Fsp3) is 0.667. The van der Waals surface area contributed by atoms with Gasteiger partial charge in [-0.25, -0.2) is 8.42 Å². The summed E-state index contributed by atoms with van der Waals surface area (Å²) in [6, 6.07) is 0. The lowest BCUT2D eigenvalue weighted by Crippen LogP contribution is -2.37. The number of carbonyl (C=O) groups excluding carboxylic acids is 1. The summed E-state index contributed by atoms with van der Waals surface area (Å²) in [4.78, 5) is 11.8. The van der Waals surface area contributed by atoms with Gasteiger partial charge < -0.3 is 0 Å². The largest absolute Gasteiger partial charge is 0.274 e. The Hall–Kier alpha value is -1.37. The molecule has 108 valence electrons. The highest BCUT2D eigenvalue weighted by Crippen LogP contribution is 2.13. The predicted octanol–water partition coefficient (Wildman–Crippen LogP) is 0.824. The van der Waals surface area contributed by atoms with Gasteiger partial charge in [0.25, 0.3) is 0 Å². The molecule has 0 aliphatic rings. The Morgan fingerprint density at radius 2 is 2.00 bits per heavy atom. The third kappa shape index (κ3) is 3.56. The van der Waals surface area contributed by atoms with Gasteiger partial charge in [0.05, 0.1) is 17.4 Å². The van der Waals surface area contributed by atoms with Crippen molar-refractivity contribution in [2.24, 2.45) is 7.05 Å². The van der Waals surface area contributed by atoms with Crippen molar-refractivity contribution in [2.45, 2.75) is 45.8 Å². The van der Waals surface area contributed by atoms with Gasteiger partial charge in [-0.15, -0.1) is 0 Å². The Morgan fingerprint density at radius 3 is 2.42 bits per heavy atom. The van der Waals surface area contributed by atoms with Crippen molar-refractivity contribution in [1.29, 1.82) is 0 Å². The average molecular weight is 287 g/mol. The van der Waals surface area contributed by atoms with E-state index < -0.39 is 21.2 Å². The number of aryl methyl sites for hydroxylation is 2. The molecule has 6 nitrogen and oxygen atoms in total. The number of rotatable bonds is 5. The third-order valence-corrected chi connectivity index (χ3v) is 5.26. The molecule has 1 atom stereocenters. The molecule has 1 aromatic heterocycles. The molecule has 19 heavy (non-hydrogen) atoms. The topological polar surface area (TPSA) is 81.1 Å². The van der Waals surface area contributed by atoms with Crippen LogP contribution in [0.1, 0.15) is 37.2 Å². The normalized spacial score (nSPS) is 13.3. The SMILES string of the molecule is CC[C@@H](C)S(=O)(=O)NC(=O)Cc1c(C)nn(C)c1C. The number of nitrogens with zero attached hydrogens (tertiary/aromatic N) is 2. The van der Waals surface area contributed by atoms with E-state index in [1.165, 1.54) is 0 Å². The summed E-state index contributed by atoms with van der Waals surface area (Å²) in [7, 11) is -1.78. The molecule has 0 radical (unpaired) electrons. The van der Waals surface area contributed by atoms with E-state index in [0.717, 1.165) is 17.0 Å². The molecule has 0 spiro atoms. The van der Waals surface area contributed by atoms with Crippen LogP contribution in [0.4, 0.5) is 0 Å². The number of carbonyl (C=O) groups is 1. The van der Waals surface area contributed by atoms with E-state index in [4.69, 9.17) is 0 Å². The minimum atomic E-state index is -3.58. The highest BCUT2D eigenvalue weighted by Gasteiger charge is 2.22. The number of sulfonamides is 1. The molecule has 1 rings (SSSR count). The van der Waals surface area contributed by atoms with Crippen molar-refractivity contribution in [2.75, 3.05) is 0 Å². The van der Waals surface area contributed by atoms with E-state index in [2.05, 4.69) is 9.82 Å². The summed E-state index contributed by atoms with van der Waals surface area (Å²) >= 11 is 0. The van der Waals surface area contributed by atoms with Crippen LogP contribution in [-0.4, -0.2) is 29.4 Å². The first-order valence-electron chi connectivity index (χ1n) is 6.22. The lowest BCUT2D eigenvalue weighted by Gasteiger charge is -2.11. The fourth-order valence-corrected chi connectivity index (χ4v) is 2.78. The van der Waals surface area contributed by atoms with Crippen molar-refractivity contribution >= 4 is 15.9 Å². The van der Waals surface area contributed by atoms with E-state index in [1.54, 1.807) is 32.5 Å². The van der Waals surface area contributed by atoms with Crippen molar-refractivity contribution in [3.63, 3.8) is 0 Å². The minimum Gasteiger partial charge on any atom is -0.274 e. The van der Waals surface area contributed by atoms with Crippen molar-refractivity contribution in [3.05, 3.63) is 17.0 Å². The van der Waals surface area contributed by atoms with Gasteiger partial charge in [0, 0.05) is 18.3 Å². The van der Waals surface area contributed by atoms with Gasteiger partial charge in [-0.1, -0.05) is 6.92 Å². The lowest BCUT2D eigenvalue weighted by molar-refractivity contribution is -0.118. The Bertz CT molecular complexity index is 575. The Kier molecular flexibility index (Phi) is 4.73. The first-order valence-corrected chi connectivity index (χ1v) is 7.77. The molecule has 7 heteroatoms. The van der Waals surface area contributed by atoms with Crippen LogP contribution in [0.3, 0.4) is 0 Å². The van der Waals surface area contributed by atoms with Crippen LogP contribution in [0.25, 0.3) is 0 Å². The van der Waals surface area contributed by atoms with Gasteiger partial charge in [-0.3, -0.25) is 14.2 Å². The summed E-state index contributed by atoms with van der Waals surface area (Å²) in [5.41, 5.74) is 2.39. The molecule has 1 aromatic rings. The molecule has 0 fully saturated rings. The van der Waals surface area contributed by atoms with Crippen LogP contribution >= 0.6 is 0 Å². The summed E-state index contributed by atoms with van der Waals surface area (Å²) in [5, 5.41) is 3.62. The predicted molar refractivity (Wildman–Crippen MR) is 73.2 cm³/mol.